The highest BCUT2D eigenvalue weighted by Gasteiger charge is 1.93. The quantitative estimate of drug-likeness (QED) is 0.654. The molecule has 0 fully saturated rings. The van der Waals surface area contributed by atoms with Crippen molar-refractivity contribution in [2.75, 3.05) is 20.6 Å². The number of nitrogens with zero attached hydrogens (tertiary/aromatic N) is 1. The molecule has 1 aromatic carbocycles. The fourth-order valence-electron chi connectivity index (χ4n) is 1.76. The Kier molecular flexibility index (Phi) is 8.87. The predicted molar refractivity (Wildman–Crippen MR) is 70.8 cm³/mol. The van der Waals surface area contributed by atoms with Crippen LogP contribution in [0.15, 0.2) is 30.3 Å². The van der Waals surface area contributed by atoms with Crippen LogP contribution in [-0.2, 0) is 6.42 Å². The zero-order valence-corrected chi connectivity index (χ0v) is 10.6. The van der Waals surface area contributed by atoms with Gasteiger partial charge in [-0.2, -0.15) is 0 Å². The molecule has 0 atom stereocenters. The molecule has 16 heavy (non-hydrogen) atoms. The number of hydrogen-bond donors (Lipinski definition) is 0. The molecule has 1 rings (SSSR count). The van der Waals surface area contributed by atoms with Crippen LogP contribution in [0, 0.1) is 0 Å². The minimum atomic E-state index is 0. The van der Waals surface area contributed by atoms with Gasteiger partial charge in [0.1, 0.15) is 0 Å². The molecular formula is C14H25NO. The third kappa shape index (κ3) is 7.43. The lowest BCUT2D eigenvalue weighted by Gasteiger charge is -2.08. The van der Waals surface area contributed by atoms with Gasteiger partial charge in [-0.25, -0.2) is 0 Å². The molecule has 2 nitrogen and oxygen atoms in total. The summed E-state index contributed by atoms with van der Waals surface area (Å²) >= 11 is 0. The second kappa shape index (κ2) is 9.37. The number of unbranched alkanes of at least 4 members (excludes halogenated alkanes) is 3. The van der Waals surface area contributed by atoms with Gasteiger partial charge in [-0.3, -0.25) is 0 Å². The van der Waals surface area contributed by atoms with E-state index in [2.05, 4.69) is 49.3 Å². The minimum absolute atomic E-state index is 0. The van der Waals surface area contributed by atoms with Crippen LogP contribution in [0.2, 0.25) is 0 Å². The Balaban J connectivity index is 0.00000225. The Morgan fingerprint density at radius 3 is 2.12 bits per heavy atom. The number of aryl methyl sites for hydroxylation is 1. The Labute approximate surface area is 99.6 Å². The van der Waals surface area contributed by atoms with Crippen LogP contribution < -0.4 is 0 Å². The second-order valence-electron chi connectivity index (χ2n) is 4.45. The van der Waals surface area contributed by atoms with Gasteiger partial charge in [0, 0.05) is 0 Å². The third-order valence-electron chi connectivity index (χ3n) is 2.66. The monoisotopic (exact) mass is 223 g/mol. The Morgan fingerprint density at radius 2 is 1.50 bits per heavy atom. The average molecular weight is 223 g/mol. The smallest absolute Gasteiger partial charge is 0.00248 e. The SMILES string of the molecule is CN(C)CCCCCCc1ccccc1.O. The molecule has 0 aliphatic heterocycles. The summed E-state index contributed by atoms with van der Waals surface area (Å²) in [6.45, 7) is 1.23. The fraction of sp³-hybridized carbons (Fsp3) is 0.571. The lowest BCUT2D eigenvalue weighted by atomic mass is 10.1. The molecule has 0 aromatic heterocycles. The van der Waals surface area contributed by atoms with Crippen molar-refractivity contribution < 1.29 is 5.48 Å². The van der Waals surface area contributed by atoms with E-state index in [1.54, 1.807) is 0 Å². The van der Waals surface area contributed by atoms with Gasteiger partial charge in [-0.05, 0) is 45.5 Å². The molecule has 1 aromatic rings. The lowest BCUT2D eigenvalue weighted by molar-refractivity contribution is 0.390. The summed E-state index contributed by atoms with van der Waals surface area (Å²) in [5.41, 5.74) is 1.48. The van der Waals surface area contributed by atoms with E-state index in [-0.39, 0.29) is 5.48 Å². The summed E-state index contributed by atoms with van der Waals surface area (Å²) in [6.07, 6.45) is 6.63. The van der Waals surface area contributed by atoms with E-state index in [1.165, 1.54) is 44.2 Å². The van der Waals surface area contributed by atoms with Gasteiger partial charge in [-0.15, -0.1) is 0 Å². The van der Waals surface area contributed by atoms with E-state index >= 15 is 0 Å². The van der Waals surface area contributed by atoms with Crippen LogP contribution in [0.1, 0.15) is 31.2 Å². The highest BCUT2D eigenvalue weighted by Crippen LogP contribution is 2.07. The molecule has 0 amide bonds. The van der Waals surface area contributed by atoms with E-state index in [0.29, 0.717) is 0 Å². The summed E-state index contributed by atoms with van der Waals surface area (Å²) in [7, 11) is 4.29. The van der Waals surface area contributed by atoms with Gasteiger partial charge in [-0.1, -0.05) is 43.2 Å². The molecule has 0 aliphatic rings. The maximum Gasteiger partial charge on any atom is -0.00248 e. The first-order valence-corrected chi connectivity index (χ1v) is 5.97. The zero-order chi connectivity index (χ0) is 10.9. The first kappa shape index (κ1) is 15.1. The molecule has 0 unspecified atom stereocenters. The van der Waals surface area contributed by atoms with Crippen molar-refractivity contribution in [3.63, 3.8) is 0 Å². The van der Waals surface area contributed by atoms with Gasteiger partial charge in [0.2, 0.25) is 0 Å². The maximum absolute atomic E-state index is 2.26. The van der Waals surface area contributed by atoms with Crippen LogP contribution in [0.3, 0.4) is 0 Å². The first-order chi connectivity index (χ1) is 7.29. The highest BCUT2D eigenvalue weighted by molar-refractivity contribution is 5.14. The number of benzene rings is 1. The Morgan fingerprint density at radius 1 is 0.875 bits per heavy atom. The van der Waals surface area contributed by atoms with E-state index in [9.17, 15) is 0 Å². The number of hydrogen-bond acceptors (Lipinski definition) is 1. The highest BCUT2D eigenvalue weighted by atomic mass is 16.0. The van der Waals surface area contributed by atoms with E-state index in [0.717, 1.165) is 0 Å². The largest absolute Gasteiger partial charge is 0.412 e. The molecule has 0 saturated carbocycles. The summed E-state index contributed by atoms with van der Waals surface area (Å²) < 4.78 is 0. The van der Waals surface area contributed by atoms with E-state index in [1.807, 2.05) is 0 Å². The summed E-state index contributed by atoms with van der Waals surface area (Å²) in [5.74, 6) is 0. The Hall–Kier alpha value is -0.860. The van der Waals surface area contributed by atoms with E-state index in [4.69, 9.17) is 0 Å². The van der Waals surface area contributed by atoms with Crippen molar-refractivity contribution in [2.24, 2.45) is 0 Å². The van der Waals surface area contributed by atoms with Crippen LogP contribution >= 0.6 is 0 Å². The maximum atomic E-state index is 2.26. The standard InChI is InChI=1S/C14H23N.H2O/c1-15(2)13-9-4-3-6-10-14-11-7-5-8-12-14;/h5,7-8,11-12H,3-4,6,9-10,13H2,1-2H3;1H2. The normalized spacial score (nSPS) is 10.2. The summed E-state index contributed by atoms with van der Waals surface area (Å²) in [5, 5.41) is 0. The van der Waals surface area contributed by atoms with Gasteiger partial charge in [0.25, 0.3) is 0 Å². The van der Waals surface area contributed by atoms with Crippen LogP contribution in [0.5, 0.6) is 0 Å². The fourth-order valence-corrected chi connectivity index (χ4v) is 1.76. The van der Waals surface area contributed by atoms with Crippen molar-refractivity contribution in [2.45, 2.75) is 32.1 Å². The van der Waals surface area contributed by atoms with Crippen molar-refractivity contribution in [1.29, 1.82) is 0 Å². The number of rotatable bonds is 7. The molecule has 2 heteroatoms. The van der Waals surface area contributed by atoms with Crippen LogP contribution in [0.4, 0.5) is 0 Å². The zero-order valence-electron chi connectivity index (χ0n) is 10.6. The molecule has 2 N–H and O–H groups in total. The summed E-state index contributed by atoms with van der Waals surface area (Å²) in [6, 6.07) is 10.8. The Bertz CT molecular complexity index is 246. The van der Waals surface area contributed by atoms with Gasteiger partial charge in [0.15, 0.2) is 0 Å². The predicted octanol–water partition coefficient (Wildman–Crippen LogP) is 2.53. The molecule has 0 bridgehead atoms. The van der Waals surface area contributed by atoms with Crippen LogP contribution in [-0.4, -0.2) is 31.0 Å². The van der Waals surface area contributed by atoms with Crippen molar-refractivity contribution in [3.05, 3.63) is 35.9 Å². The van der Waals surface area contributed by atoms with Crippen molar-refractivity contribution in [3.8, 4) is 0 Å². The lowest BCUT2D eigenvalue weighted by Crippen LogP contribution is -2.12. The van der Waals surface area contributed by atoms with Gasteiger partial charge >= 0.3 is 0 Å². The molecular weight excluding hydrogens is 198 g/mol. The van der Waals surface area contributed by atoms with Crippen molar-refractivity contribution in [1.82, 2.24) is 4.90 Å². The molecule has 92 valence electrons. The third-order valence-corrected chi connectivity index (χ3v) is 2.66. The molecule has 0 aliphatic carbocycles. The topological polar surface area (TPSA) is 34.7 Å². The van der Waals surface area contributed by atoms with Crippen molar-refractivity contribution >= 4 is 0 Å². The molecule has 0 radical (unpaired) electrons. The second-order valence-corrected chi connectivity index (χ2v) is 4.45. The minimum Gasteiger partial charge on any atom is -0.412 e. The first-order valence-electron chi connectivity index (χ1n) is 5.97. The average Bonchev–Trinajstić information content (AvgIpc) is 2.24. The molecule has 0 spiro atoms. The van der Waals surface area contributed by atoms with Gasteiger partial charge < -0.3 is 10.4 Å². The summed E-state index contributed by atoms with van der Waals surface area (Å²) in [4.78, 5) is 2.26. The van der Waals surface area contributed by atoms with E-state index < -0.39 is 0 Å². The van der Waals surface area contributed by atoms with Gasteiger partial charge in [0.05, 0.1) is 0 Å². The molecule has 0 heterocycles. The molecule has 0 saturated heterocycles. The van der Waals surface area contributed by atoms with Crippen LogP contribution in [0.25, 0.3) is 0 Å².